The van der Waals surface area contributed by atoms with Gasteiger partial charge in [-0.25, -0.2) is 0 Å². The van der Waals surface area contributed by atoms with Crippen molar-refractivity contribution in [2.24, 2.45) is 5.92 Å². The lowest BCUT2D eigenvalue weighted by atomic mass is 9.79. The molecule has 0 bridgehead atoms. The first-order chi connectivity index (χ1) is 8.14. The number of hydrogen-bond donors (Lipinski definition) is 1. The average Bonchev–Trinajstić information content (AvgIpc) is 2.40. The predicted molar refractivity (Wildman–Crippen MR) is 68.9 cm³/mol. The van der Waals surface area contributed by atoms with Crippen LogP contribution in [0.5, 0.6) is 0 Å². The summed E-state index contributed by atoms with van der Waals surface area (Å²) in [5.74, 6) is 0.212. The fourth-order valence-electron chi connectivity index (χ4n) is 2.50. The van der Waals surface area contributed by atoms with Gasteiger partial charge in [-0.2, -0.15) is 0 Å². The van der Waals surface area contributed by atoms with E-state index in [-0.39, 0.29) is 5.92 Å². The second-order valence-corrected chi connectivity index (χ2v) is 5.11. The summed E-state index contributed by atoms with van der Waals surface area (Å²) in [6.45, 7) is 5.55. The first kappa shape index (κ1) is 12.6. The Morgan fingerprint density at radius 3 is 2.59 bits per heavy atom. The van der Waals surface area contributed by atoms with Crippen LogP contribution in [0.15, 0.2) is 24.3 Å². The molecule has 2 rings (SSSR count). The van der Waals surface area contributed by atoms with Crippen LogP contribution in [0.25, 0.3) is 0 Å². The van der Waals surface area contributed by atoms with Crippen molar-refractivity contribution in [3.8, 4) is 0 Å². The van der Waals surface area contributed by atoms with Crippen LogP contribution in [0.4, 0.5) is 0 Å². The van der Waals surface area contributed by atoms with Crippen LogP contribution >= 0.6 is 0 Å². The predicted octanol–water partition coefficient (Wildman–Crippen LogP) is 2.88. The molecule has 2 unspecified atom stereocenters. The molecule has 1 fully saturated rings. The zero-order chi connectivity index (χ0) is 12.3. The number of rotatable bonds is 3. The summed E-state index contributed by atoms with van der Waals surface area (Å²) in [4.78, 5) is 0. The lowest BCUT2D eigenvalue weighted by Crippen LogP contribution is -2.37. The maximum absolute atomic E-state index is 10.7. The Hall–Kier alpha value is -0.860. The molecule has 94 valence electrons. The molecule has 0 aliphatic carbocycles. The highest BCUT2D eigenvalue weighted by molar-refractivity contribution is 5.27. The van der Waals surface area contributed by atoms with Gasteiger partial charge >= 0.3 is 0 Å². The van der Waals surface area contributed by atoms with Crippen molar-refractivity contribution < 1.29 is 9.84 Å². The summed E-state index contributed by atoms with van der Waals surface area (Å²) >= 11 is 0. The van der Waals surface area contributed by atoms with Gasteiger partial charge < -0.3 is 9.84 Å². The van der Waals surface area contributed by atoms with E-state index in [2.05, 4.69) is 19.1 Å². The minimum absolute atomic E-state index is 0.212. The molecule has 1 heterocycles. The quantitative estimate of drug-likeness (QED) is 0.871. The van der Waals surface area contributed by atoms with Gasteiger partial charge in [0.25, 0.3) is 0 Å². The third kappa shape index (κ3) is 2.70. The average molecular weight is 234 g/mol. The molecule has 2 nitrogen and oxygen atoms in total. The van der Waals surface area contributed by atoms with E-state index in [1.54, 1.807) is 0 Å². The summed E-state index contributed by atoms with van der Waals surface area (Å²) in [5.41, 5.74) is 1.54. The molecule has 2 heteroatoms. The van der Waals surface area contributed by atoms with Crippen LogP contribution in [0.3, 0.4) is 0 Å². The maximum atomic E-state index is 10.7. The maximum Gasteiger partial charge on any atom is 0.0918 e. The molecule has 1 aromatic rings. The molecular formula is C15H22O2. The monoisotopic (exact) mass is 234 g/mol. The van der Waals surface area contributed by atoms with E-state index in [4.69, 9.17) is 4.74 Å². The Bertz CT molecular complexity index is 348. The smallest absolute Gasteiger partial charge is 0.0918 e. The molecule has 0 aromatic heterocycles. The second kappa shape index (κ2) is 5.19. The molecule has 1 saturated heterocycles. The van der Waals surface area contributed by atoms with Crippen LogP contribution in [-0.2, 0) is 16.8 Å². The highest BCUT2D eigenvalue weighted by Crippen LogP contribution is 2.34. The number of ether oxygens (including phenoxy) is 1. The van der Waals surface area contributed by atoms with Crippen molar-refractivity contribution >= 4 is 0 Å². The van der Waals surface area contributed by atoms with Gasteiger partial charge in [0.1, 0.15) is 0 Å². The van der Waals surface area contributed by atoms with E-state index >= 15 is 0 Å². The van der Waals surface area contributed by atoms with Crippen LogP contribution in [0.1, 0.15) is 37.8 Å². The molecule has 17 heavy (non-hydrogen) atoms. The largest absolute Gasteiger partial charge is 0.385 e. The van der Waals surface area contributed by atoms with Crippen LogP contribution in [0.2, 0.25) is 0 Å². The third-order valence-electron chi connectivity index (χ3n) is 3.90. The molecule has 0 saturated carbocycles. The topological polar surface area (TPSA) is 29.5 Å². The fraction of sp³-hybridized carbons (Fsp3) is 0.600. The van der Waals surface area contributed by atoms with E-state index in [1.807, 2.05) is 19.1 Å². The molecule has 1 N–H and O–H groups in total. The van der Waals surface area contributed by atoms with Gasteiger partial charge in [0, 0.05) is 12.5 Å². The lowest BCUT2D eigenvalue weighted by molar-refractivity contribution is -0.0723. The Balaban J connectivity index is 2.17. The summed E-state index contributed by atoms with van der Waals surface area (Å²) in [6.07, 6.45) is 3.13. The van der Waals surface area contributed by atoms with E-state index in [9.17, 15) is 5.11 Å². The molecular weight excluding hydrogens is 212 g/mol. The van der Waals surface area contributed by atoms with E-state index in [0.717, 1.165) is 31.4 Å². The molecule has 2 atom stereocenters. The van der Waals surface area contributed by atoms with Crippen LogP contribution in [0, 0.1) is 5.92 Å². The first-order valence-electron chi connectivity index (χ1n) is 6.54. The molecule has 0 amide bonds. The van der Waals surface area contributed by atoms with Crippen molar-refractivity contribution in [1.29, 1.82) is 0 Å². The van der Waals surface area contributed by atoms with Crippen molar-refractivity contribution in [3.05, 3.63) is 35.4 Å². The summed E-state index contributed by atoms with van der Waals surface area (Å²) in [6, 6.07) is 8.31. The van der Waals surface area contributed by atoms with Crippen molar-refractivity contribution in [1.82, 2.24) is 0 Å². The van der Waals surface area contributed by atoms with Crippen LogP contribution < -0.4 is 0 Å². The standard InChI is InChI=1S/C15H22O2/c1-3-12-6-8-13(9-7-12)15(2,16)14-5-4-10-17-11-14/h6-9,14,16H,3-5,10-11H2,1-2H3. The number of hydrogen-bond acceptors (Lipinski definition) is 2. The Morgan fingerprint density at radius 2 is 2.06 bits per heavy atom. The minimum Gasteiger partial charge on any atom is -0.385 e. The number of aryl methyl sites for hydroxylation is 1. The highest BCUT2D eigenvalue weighted by Gasteiger charge is 2.34. The van der Waals surface area contributed by atoms with Gasteiger partial charge in [-0.15, -0.1) is 0 Å². The van der Waals surface area contributed by atoms with Gasteiger partial charge in [-0.05, 0) is 37.3 Å². The molecule has 1 aromatic carbocycles. The fourth-order valence-corrected chi connectivity index (χ4v) is 2.50. The van der Waals surface area contributed by atoms with Gasteiger partial charge in [0.05, 0.1) is 12.2 Å². The second-order valence-electron chi connectivity index (χ2n) is 5.11. The Kier molecular flexibility index (Phi) is 3.85. The van der Waals surface area contributed by atoms with E-state index in [0.29, 0.717) is 6.61 Å². The van der Waals surface area contributed by atoms with Crippen molar-refractivity contribution in [2.45, 2.75) is 38.7 Å². The van der Waals surface area contributed by atoms with Crippen LogP contribution in [-0.4, -0.2) is 18.3 Å². The lowest BCUT2D eigenvalue weighted by Gasteiger charge is -2.35. The Morgan fingerprint density at radius 1 is 1.35 bits per heavy atom. The van der Waals surface area contributed by atoms with E-state index in [1.165, 1.54) is 5.56 Å². The number of benzene rings is 1. The summed E-state index contributed by atoms with van der Waals surface area (Å²) in [5, 5.41) is 10.7. The SMILES string of the molecule is CCc1ccc(C(C)(O)C2CCCOC2)cc1. The molecule has 1 aliphatic rings. The van der Waals surface area contributed by atoms with Gasteiger partial charge in [-0.3, -0.25) is 0 Å². The summed E-state index contributed by atoms with van der Waals surface area (Å²) in [7, 11) is 0. The van der Waals surface area contributed by atoms with Gasteiger partial charge in [-0.1, -0.05) is 31.2 Å². The molecule has 0 spiro atoms. The molecule has 0 radical (unpaired) electrons. The zero-order valence-corrected chi connectivity index (χ0v) is 10.8. The van der Waals surface area contributed by atoms with Gasteiger partial charge in [0.2, 0.25) is 0 Å². The van der Waals surface area contributed by atoms with Crippen molar-refractivity contribution in [3.63, 3.8) is 0 Å². The first-order valence-corrected chi connectivity index (χ1v) is 6.54. The zero-order valence-electron chi connectivity index (χ0n) is 10.8. The Labute approximate surface area is 104 Å². The number of aliphatic hydroxyl groups is 1. The minimum atomic E-state index is -0.771. The molecule has 1 aliphatic heterocycles. The normalized spacial score (nSPS) is 24.3. The third-order valence-corrected chi connectivity index (χ3v) is 3.90. The van der Waals surface area contributed by atoms with Gasteiger partial charge in [0.15, 0.2) is 0 Å². The summed E-state index contributed by atoms with van der Waals surface area (Å²) < 4.78 is 5.47. The highest BCUT2D eigenvalue weighted by atomic mass is 16.5. The van der Waals surface area contributed by atoms with Crippen molar-refractivity contribution in [2.75, 3.05) is 13.2 Å². The van der Waals surface area contributed by atoms with E-state index < -0.39 is 5.60 Å².